The van der Waals surface area contributed by atoms with Crippen LogP contribution in [-0.4, -0.2) is 60.1 Å². The van der Waals surface area contributed by atoms with Gasteiger partial charge in [0.15, 0.2) is 0 Å². The zero-order valence-electron chi connectivity index (χ0n) is 16.3. The van der Waals surface area contributed by atoms with Crippen LogP contribution < -0.4 is 19.5 Å². The van der Waals surface area contributed by atoms with Crippen LogP contribution in [0.5, 0.6) is 17.2 Å². The quantitative estimate of drug-likeness (QED) is 0.636. The maximum atomic E-state index is 12.4. The minimum absolute atomic E-state index is 0.0675. The molecule has 0 unspecified atom stereocenters. The number of sulfonamides is 1. The van der Waals surface area contributed by atoms with Crippen LogP contribution in [0.4, 0.5) is 0 Å². The highest BCUT2D eigenvalue weighted by Gasteiger charge is 2.23. The van der Waals surface area contributed by atoms with E-state index in [9.17, 15) is 13.2 Å². The van der Waals surface area contributed by atoms with Crippen LogP contribution in [0, 0.1) is 0 Å². The molecule has 1 amide bonds. The summed E-state index contributed by atoms with van der Waals surface area (Å²) < 4.78 is 41.7. The van der Waals surface area contributed by atoms with Gasteiger partial charge in [-0.3, -0.25) is 4.79 Å². The number of ether oxygens (including phenoxy) is 3. The van der Waals surface area contributed by atoms with Gasteiger partial charge in [0.2, 0.25) is 10.0 Å². The molecule has 0 radical (unpaired) electrons. The fourth-order valence-corrected chi connectivity index (χ4v) is 3.40. The average Bonchev–Trinajstić information content (AvgIpc) is 2.70. The first kappa shape index (κ1) is 21.5. The lowest BCUT2D eigenvalue weighted by Gasteiger charge is -2.15. The third kappa shape index (κ3) is 5.14. The fraction of sp³-hybridized carbons (Fsp3) is 0.316. The lowest BCUT2D eigenvalue weighted by atomic mass is 10.2. The van der Waals surface area contributed by atoms with E-state index in [1.807, 2.05) is 0 Å². The Bertz CT molecular complexity index is 911. The Labute approximate surface area is 165 Å². The van der Waals surface area contributed by atoms with Gasteiger partial charge in [-0.2, -0.15) is 0 Å². The van der Waals surface area contributed by atoms with Gasteiger partial charge in [0, 0.05) is 19.7 Å². The number of benzene rings is 2. The smallest absolute Gasteiger partial charge is 0.251 e. The Morgan fingerprint density at radius 1 is 1.00 bits per heavy atom. The van der Waals surface area contributed by atoms with Crippen molar-refractivity contribution in [2.45, 2.75) is 4.90 Å². The van der Waals surface area contributed by atoms with Gasteiger partial charge >= 0.3 is 0 Å². The third-order valence-corrected chi connectivity index (χ3v) is 5.74. The Kier molecular flexibility index (Phi) is 7.24. The number of carbonyl (C=O) groups excluding carboxylic acids is 1. The van der Waals surface area contributed by atoms with E-state index in [0.717, 1.165) is 10.1 Å². The molecule has 0 fully saturated rings. The largest absolute Gasteiger partial charge is 0.497 e. The summed E-state index contributed by atoms with van der Waals surface area (Å²) in [5, 5.41) is 2.70. The summed E-state index contributed by atoms with van der Waals surface area (Å²) in [5.74, 6) is 1.15. The summed E-state index contributed by atoms with van der Waals surface area (Å²) in [6.07, 6.45) is 0. The van der Waals surface area contributed by atoms with Crippen molar-refractivity contribution in [3.63, 3.8) is 0 Å². The molecular formula is C19H24N2O6S. The van der Waals surface area contributed by atoms with Crippen LogP contribution in [0.2, 0.25) is 0 Å². The van der Waals surface area contributed by atoms with Gasteiger partial charge in [-0.1, -0.05) is 0 Å². The molecule has 0 saturated heterocycles. The molecule has 0 heterocycles. The van der Waals surface area contributed by atoms with E-state index in [-0.39, 0.29) is 29.4 Å². The van der Waals surface area contributed by atoms with Gasteiger partial charge in [0.05, 0.1) is 20.8 Å². The molecule has 2 aromatic carbocycles. The molecule has 0 aliphatic carbocycles. The lowest BCUT2D eigenvalue weighted by Crippen LogP contribution is -2.28. The van der Waals surface area contributed by atoms with Gasteiger partial charge in [0.1, 0.15) is 28.8 Å². The second-order valence-corrected chi connectivity index (χ2v) is 8.05. The Morgan fingerprint density at radius 2 is 1.64 bits per heavy atom. The minimum atomic E-state index is -3.75. The molecule has 0 bridgehead atoms. The molecule has 9 heteroatoms. The first-order valence-corrected chi connectivity index (χ1v) is 9.89. The summed E-state index contributed by atoms with van der Waals surface area (Å²) in [4.78, 5) is 12.3. The van der Waals surface area contributed by atoms with Crippen molar-refractivity contribution < 1.29 is 27.4 Å². The van der Waals surface area contributed by atoms with Crippen LogP contribution in [-0.2, 0) is 10.0 Å². The molecule has 152 valence electrons. The molecule has 0 aliphatic rings. The predicted molar refractivity (Wildman–Crippen MR) is 105 cm³/mol. The third-order valence-electron chi connectivity index (χ3n) is 3.90. The monoisotopic (exact) mass is 408 g/mol. The molecule has 1 N–H and O–H groups in total. The summed E-state index contributed by atoms with van der Waals surface area (Å²) in [7, 11) is 2.04. The van der Waals surface area contributed by atoms with Crippen LogP contribution in [0.15, 0.2) is 47.4 Å². The van der Waals surface area contributed by atoms with E-state index < -0.39 is 15.9 Å². The normalized spacial score (nSPS) is 11.2. The Hall–Kier alpha value is -2.78. The first-order chi connectivity index (χ1) is 13.3. The standard InChI is InChI=1S/C19H24N2O6S/c1-21(2)28(23,24)18-13-14(5-10-17(18)26-4)19(22)20-11-12-27-16-8-6-15(25-3)7-9-16/h5-10,13H,11-12H2,1-4H3,(H,20,22). The molecule has 0 saturated carbocycles. The Balaban J connectivity index is 2.00. The molecule has 0 atom stereocenters. The number of nitrogens with one attached hydrogen (secondary N) is 1. The number of hydrogen-bond acceptors (Lipinski definition) is 6. The lowest BCUT2D eigenvalue weighted by molar-refractivity contribution is 0.0946. The van der Waals surface area contributed by atoms with E-state index in [2.05, 4.69) is 5.32 Å². The van der Waals surface area contributed by atoms with E-state index in [0.29, 0.717) is 5.75 Å². The first-order valence-electron chi connectivity index (χ1n) is 8.45. The van der Waals surface area contributed by atoms with Crippen LogP contribution >= 0.6 is 0 Å². The minimum Gasteiger partial charge on any atom is -0.497 e. The van der Waals surface area contributed by atoms with Crippen molar-refractivity contribution in [3.05, 3.63) is 48.0 Å². The number of carbonyl (C=O) groups is 1. The summed E-state index contributed by atoms with van der Waals surface area (Å²) in [5.41, 5.74) is 0.214. The molecule has 28 heavy (non-hydrogen) atoms. The molecule has 0 spiro atoms. The molecule has 0 aromatic heterocycles. The second kappa shape index (κ2) is 9.43. The molecular weight excluding hydrogens is 384 g/mol. The van der Waals surface area contributed by atoms with E-state index >= 15 is 0 Å². The molecule has 2 aromatic rings. The SMILES string of the molecule is COc1ccc(OCCNC(=O)c2ccc(OC)c(S(=O)(=O)N(C)C)c2)cc1. The van der Waals surface area contributed by atoms with Crippen LogP contribution in [0.3, 0.4) is 0 Å². The second-order valence-electron chi connectivity index (χ2n) is 5.93. The summed E-state index contributed by atoms with van der Waals surface area (Å²) in [6.45, 7) is 0.518. The van der Waals surface area contributed by atoms with Crippen molar-refractivity contribution in [1.82, 2.24) is 9.62 Å². The van der Waals surface area contributed by atoms with Gasteiger partial charge in [0.25, 0.3) is 5.91 Å². The number of methoxy groups -OCH3 is 2. The van der Waals surface area contributed by atoms with Gasteiger partial charge in [-0.05, 0) is 42.5 Å². The highest BCUT2D eigenvalue weighted by molar-refractivity contribution is 7.89. The van der Waals surface area contributed by atoms with Crippen molar-refractivity contribution in [3.8, 4) is 17.2 Å². The van der Waals surface area contributed by atoms with E-state index in [1.54, 1.807) is 31.4 Å². The van der Waals surface area contributed by atoms with Crippen molar-refractivity contribution in [2.75, 3.05) is 41.5 Å². The van der Waals surface area contributed by atoms with Crippen molar-refractivity contribution in [1.29, 1.82) is 0 Å². The fourth-order valence-electron chi connectivity index (χ4n) is 2.32. The van der Waals surface area contributed by atoms with Gasteiger partial charge in [-0.15, -0.1) is 0 Å². The summed E-state index contributed by atoms with van der Waals surface area (Å²) in [6, 6.07) is 11.3. The average molecular weight is 408 g/mol. The van der Waals surface area contributed by atoms with Crippen molar-refractivity contribution in [2.24, 2.45) is 0 Å². The maximum Gasteiger partial charge on any atom is 0.251 e. The number of hydrogen-bond donors (Lipinski definition) is 1. The zero-order valence-corrected chi connectivity index (χ0v) is 17.1. The maximum absolute atomic E-state index is 12.4. The zero-order chi connectivity index (χ0) is 20.7. The van der Waals surface area contributed by atoms with E-state index in [1.165, 1.54) is 39.4 Å². The highest BCUT2D eigenvalue weighted by Crippen LogP contribution is 2.26. The molecule has 0 aliphatic heterocycles. The van der Waals surface area contributed by atoms with Gasteiger partial charge < -0.3 is 19.5 Å². The van der Waals surface area contributed by atoms with Crippen molar-refractivity contribution >= 4 is 15.9 Å². The highest BCUT2D eigenvalue weighted by atomic mass is 32.2. The number of nitrogens with zero attached hydrogens (tertiary/aromatic N) is 1. The van der Waals surface area contributed by atoms with E-state index in [4.69, 9.17) is 14.2 Å². The van der Waals surface area contributed by atoms with Crippen LogP contribution in [0.1, 0.15) is 10.4 Å². The molecule has 2 rings (SSSR count). The number of amides is 1. The predicted octanol–water partition coefficient (Wildman–Crippen LogP) is 1.76. The Morgan fingerprint density at radius 3 is 2.21 bits per heavy atom. The topological polar surface area (TPSA) is 94.2 Å². The van der Waals surface area contributed by atoms with Crippen LogP contribution in [0.25, 0.3) is 0 Å². The molecule has 8 nitrogen and oxygen atoms in total. The number of rotatable bonds is 9. The summed E-state index contributed by atoms with van der Waals surface area (Å²) >= 11 is 0. The van der Waals surface area contributed by atoms with Gasteiger partial charge in [-0.25, -0.2) is 12.7 Å².